The average molecular weight is 387 g/mol. The number of ketones is 1. The van der Waals surface area contributed by atoms with Crippen molar-refractivity contribution in [3.8, 4) is 0 Å². The fraction of sp³-hybridized carbons (Fsp3) is 0.222. The van der Waals surface area contributed by atoms with Crippen LogP contribution in [-0.2, 0) is 11.2 Å². The second-order valence-corrected chi connectivity index (χ2v) is 6.87. The van der Waals surface area contributed by atoms with Crippen LogP contribution in [0.15, 0.2) is 45.9 Å². The molecule has 5 nitrogen and oxygen atoms in total. The molecule has 0 saturated carbocycles. The third-order valence-corrected chi connectivity index (χ3v) is 4.71. The van der Waals surface area contributed by atoms with Crippen molar-refractivity contribution in [3.63, 3.8) is 0 Å². The lowest BCUT2D eigenvalue weighted by Gasteiger charge is -2.18. The number of aliphatic imine (C=N–C) groups is 1. The molecule has 4 N–H and O–H groups in total. The third kappa shape index (κ3) is 3.34. The average Bonchev–Trinajstić information content (AvgIpc) is 2.68. The predicted molar refractivity (Wildman–Crippen MR) is 101 cm³/mol. The number of nitrogens with two attached hydrogens (primary N) is 1. The number of carbonyl (C=O) groups is 1. The standard InChI is InChI=1S/C18H19BrN4O/c1-10-3-4-12(7-11(10)2)8-16-17(24)18(23-20)22-14-6-5-13(19)9-15(14)21-16/h3-7,9,16,21H,8,20H2,1-2H3,(H,22,23). The number of nitrogens with one attached hydrogen (secondary N) is 2. The van der Waals surface area contributed by atoms with E-state index in [1.165, 1.54) is 11.1 Å². The molecular formula is C18H19BrN4O. The van der Waals surface area contributed by atoms with Gasteiger partial charge in [0, 0.05) is 10.9 Å². The van der Waals surface area contributed by atoms with Crippen LogP contribution < -0.4 is 16.6 Å². The Kier molecular flexibility index (Phi) is 4.69. The highest BCUT2D eigenvalue weighted by Gasteiger charge is 2.27. The van der Waals surface area contributed by atoms with E-state index in [4.69, 9.17) is 5.84 Å². The van der Waals surface area contributed by atoms with Crippen LogP contribution in [0, 0.1) is 13.8 Å². The smallest absolute Gasteiger partial charge is 0.221 e. The molecule has 0 amide bonds. The molecule has 3 rings (SSSR count). The molecule has 1 aliphatic heterocycles. The first-order chi connectivity index (χ1) is 11.5. The number of anilines is 1. The summed E-state index contributed by atoms with van der Waals surface area (Å²) in [5.74, 6) is 5.53. The Morgan fingerprint density at radius 2 is 2.00 bits per heavy atom. The van der Waals surface area contributed by atoms with Gasteiger partial charge < -0.3 is 10.7 Å². The number of aryl methyl sites for hydroxylation is 2. The van der Waals surface area contributed by atoms with Crippen molar-refractivity contribution < 1.29 is 4.79 Å². The molecular weight excluding hydrogens is 368 g/mol. The number of nitrogens with zero attached hydrogens (tertiary/aromatic N) is 1. The van der Waals surface area contributed by atoms with Gasteiger partial charge in [0.05, 0.1) is 17.4 Å². The van der Waals surface area contributed by atoms with Crippen LogP contribution in [0.1, 0.15) is 16.7 Å². The minimum atomic E-state index is -0.433. The summed E-state index contributed by atoms with van der Waals surface area (Å²) in [5.41, 5.74) is 7.46. The highest BCUT2D eigenvalue weighted by atomic mass is 79.9. The summed E-state index contributed by atoms with van der Waals surface area (Å²) in [5, 5.41) is 3.31. The minimum absolute atomic E-state index is 0.150. The zero-order valence-electron chi connectivity index (χ0n) is 13.6. The molecule has 0 saturated heterocycles. The minimum Gasteiger partial charge on any atom is -0.373 e. The zero-order chi connectivity index (χ0) is 17.3. The molecule has 0 bridgehead atoms. The lowest BCUT2D eigenvalue weighted by Crippen LogP contribution is -2.44. The number of hydrazine groups is 1. The summed E-state index contributed by atoms with van der Waals surface area (Å²) < 4.78 is 0.922. The zero-order valence-corrected chi connectivity index (χ0v) is 15.1. The van der Waals surface area contributed by atoms with Gasteiger partial charge in [0.2, 0.25) is 5.78 Å². The number of carbonyl (C=O) groups excluding carboxylic acids is 1. The Balaban J connectivity index is 1.96. The molecule has 1 atom stereocenters. The predicted octanol–water partition coefficient (Wildman–Crippen LogP) is 3.17. The van der Waals surface area contributed by atoms with E-state index in [1.54, 1.807) is 0 Å². The van der Waals surface area contributed by atoms with Gasteiger partial charge in [-0.3, -0.25) is 4.79 Å². The quantitative estimate of drug-likeness (QED) is 0.546. The lowest BCUT2D eigenvalue weighted by molar-refractivity contribution is -0.113. The summed E-state index contributed by atoms with van der Waals surface area (Å²) in [7, 11) is 0. The van der Waals surface area contributed by atoms with Crippen LogP contribution in [0.25, 0.3) is 0 Å². The highest BCUT2D eigenvalue weighted by molar-refractivity contribution is 9.10. The Morgan fingerprint density at radius 3 is 2.71 bits per heavy atom. The van der Waals surface area contributed by atoms with E-state index in [9.17, 15) is 4.79 Å². The van der Waals surface area contributed by atoms with Gasteiger partial charge in [0.25, 0.3) is 0 Å². The molecule has 1 aliphatic rings. The van der Waals surface area contributed by atoms with E-state index in [1.807, 2.05) is 18.2 Å². The molecule has 2 aromatic rings. The summed E-state index contributed by atoms with van der Waals surface area (Å²) in [6, 6.07) is 11.4. The van der Waals surface area contributed by atoms with E-state index in [-0.39, 0.29) is 11.6 Å². The van der Waals surface area contributed by atoms with Crippen LogP contribution in [0.2, 0.25) is 0 Å². The third-order valence-electron chi connectivity index (χ3n) is 4.22. The molecule has 24 heavy (non-hydrogen) atoms. The van der Waals surface area contributed by atoms with Crippen molar-refractivity contribution in [2.45, 2.75) is 26.3 Å². The van der Waals surface area contributed by atoms with Gasteiger partial charge >= 0.3 is 0 Å². The van der Waals surface area contributed by atoms with Crippen molar-refractivity contribution in [3.05, 3.63) is 57.6 Å². The Hall–Kier alpha value is -2.18. The molecule has 0 aromatic heterocycles. The normalized spacial score (nSPS) is 16.8. The molecule has 0 spiro atoms. The van der Waals surface area contributed by atoms with Gasteiger partial charge in [-0.1, -0.05) is 34.1 Å². The molecule has 0 fully saturated rings. The van der Waals surface area contributed by atoms with Crippen molar-refractivity contribution in [2.24, 2.45) is 10.8 Å². The van der Waals surface area contributed by atoms with E-state index in [2.05, 4.69) is 63.7 Å². The van der Waals surface area contributed by atoms with Gasteiger partial charge in [0.1, 0.15) is 0 Å². The summed E-state index contributed by atoms with van der Waals surface area (Å²) >= 11 is 3.45. The highest BCUT2D eigenvalue weighted by Crippen LogP contribution is 2.31. The van der Waals surface area contributed by atoms with Gasteiger partial charge in [-0.2, -0.15) is 0 Å². The van der Waals surface area contributed by atoms with Gasteiger partial charge in [-0.25, -0.2) is 10.8 Å². The number of Topliss-reactive ketones (excluding diaryl/α,β-unsaturated/α-hetero) is 1. The Bertz CT molecular complexity index is 832. The Labute approximate surface area is 149 Å². The number of benzene rings is 2. The maximum atomic E-state index is 12.7. The molecule has 0 aliphatic carbocycles. The Morgan fingerprint density at radius 1 is 1.21 bits per heavy atom. The summed E-state index contributed by atoms with van der Waals surface area (Å²) in [6.45, 7) is 4.15. The first-order valence-electron chi connectivity index (χ1n) is 7.69. The van der Waals surface area contributed by atoms with Crippen LogP contribution in [0.5, 0.6) is 0 Å². The number of amidine groups is 1. The van der Waals surface area contributed by atoms with Gasteiger partial charge in [-0.05, 0) is 48.7 Å². The summed E-state index contributed by atoms with van der Waals surface area (Å²) in [6.07, 6.45) is 0.562. The molecule has 124 valence electrons. The van der Waals surface area contributed by atoms with E-state index in [0.717, 1.165) is 15.7 Å². The summed E-state index contributed by atoms with van der Waals surface area (Å²) in [4.78, 5) is 17.1. The second kappa shape index (κ2) is 6.75. The largest absolute Gasteiger partial charge is 0.373 e. The maximum Gasteiger partial charge on any atom is 0.221 e. The molecule has 0 radical (unpaired) electrons. The van der Waals surface area contributed by atoms with E-state index < -0.39 is 6.04 Å². The van der Waals surface area contributed by atoms with Crippen LogP contribution in [-0.4, -0.2) is 17.7 Å². The number of hydrogen-bond acceptors (Lipinski definition) is 5. The van der Waals surface area contributed by atoms with Crippen molar-refractivity contribution in [2.75, 3.05) is 5.32 Å². The van der Waals surface area contributed by atoms with Crippen molar-refractivity contribution in [1.29, 1.82) is 0 Å². The maximum absolute atomic E-state index is 12.7. The van der Waals surface area contributed by atoms with Gasteiger partial charge in [0.15, 0.2) is 5.84 Å². The lowest BCUT2D eigenvalue weighted by atomic mass is 9.98. The molecule has 1 unspecified atom stereocenters. The fourth-order valence-corrected chi connectivity index (χ4v) is 3.09. The molecule has 1 heterocycles. The topological polar surface area (TPSA) is 79.5 Å². The fourth-order valence-electron chi connectivity index (χ4n) is 2.73. The van der Waals surface area contributed by atoms with E-state index >= 15 is 0 Å². The van der Waals surface area contributed by atoms with Crippen molar-refractivity contribution in [1.82, 2.24) is 5.43 Å². The number of fused-ring (bicyclic) bond motifs is 1. The second-order valence-electron chi connectivity index (χ2n) is 5.95. The number of halogens is 1. The van der Waals surface area contributed by atoms with Crippen LogP contribution in [0.4, 0.5) is 11.4 Å². The van der Waals surface area contributed by atoms with Crippen LogP contribution in [0.3, 0.4) is 0 Å². The molecule has 6 heteroatoms. The molecule has 2 aromatic carbocycles. The van der Waals surface area contributed by atoms with Crippen molar-refractivity contribution >= 4 is 38.9 Å². The number of rotatable bonds is 2. The first kappa shape index (κ1) is 16.7. The SMILES string of the molecule is Cc1ccc(CC2Nc3cc(Br)ccc3N=C(NN)C2=O)cc1C. The first-order valence-corrected chi connectivity index (χ1v) is 8.49. The van der Waals surface area contributed by atoms with Gasteiger partial charge in [-0.15, -0.1) is 0 Å². The monoisotopic (exact) mass is 386 g/mol. The van der Waals surface area contributed by atoms with E-state index in [0.29, 0.717) is 12.1 Å². The van der Waals surface area contributed by atoms with Crippen LogP contribution >= 0.6 is 15.9 Å². The number of hydrogen-bond donors (Lipinski definition) is 3.